The Labute approximate surface area is 176 Å². The second kappa shape index (κ2) is 9.04. The van der Waals surface area contributed by atoms with Crippen molar-refractivity contribution in [3.05, 3.63) is 66.0 Å². The molecule has 2 aromatic carbocycles. The minimum Gasteiger partial charge on any atom is -0.334 e. The van der Waals surface area contributed by atoms with E-state index < -0.39 is 9.84 Å². The Morgan fingerprint density at radius 1 is 1.14 bits per heavy atom. The molecule has 1 atom stereocenters. The monoisotopic (exact) mass is 434 g/mol. The van der Waals surface area contributed by atoms with Gasteiger partial charge >= 0.3 is 0 Å². The fraction of sp³-hybridized carbons (Fsp3) is 0.300. The van der Waals surface area contributed by atoms with Crippen LogP contribution in [0.5, 0.6) is 0 Å². The van der Waals surface area contributed by atoms with E-state index in [1.807, 2.05) is 25.2 Å². The van der Waals surface area contributed by atoms with Gasteiger partial charge in [-0.05, 0) is 30.8 Å². The lowest BCUT2D eigenvalue weighted by molar-refractivity contribution is 0.190. The molecule has 1 aromatic heterocycles. The van der Waals surface area contributed by atoms with E-state index in [4.69, 9.17) is 4.52 Å². The SMILES string of the molecule is CN1CCNCC1c1noc(-c2ccccc2CS(=O)(=O)c2ccccc2)n1.Cl. The van der Waals surface area contributed by atoms with E-state index in [0.717, 1.165) is 19.6 Å². The van der Waals surface area contributed by atoms with Gasteiger partial charge in [0.05, 0.1) is 16.7 Å². The first kappa shape index (κ1) is 21.4. The van der Waals surface area contributed by atoms with Gasteiger partial charge in [0.25, 0.3) is 5.89 Å². The van der Waals surface area contributed by atoms with E-state index in [1.165, 1.54) is 0 Å². The number of likely N-dealkylation sites (N-methyl/N-ethyl adjacent to an activating group) is 1. The maximum atomic E-state index is 12.8. The number of hydrogen-bond acceptors (Lipinski definition) is 7. The molecule has 0 spiro atoms. The molecule has 1 fully saturated rings. The third-order valence-electron chi connectivity index (χ3n) is 4.95. The lowest BCUT2D eigenvalue weighted by Crippen LogP contribution is -2.44. The molecule has 29 heavy (non-hydrogen) atoms. The number of nitrogens with one attached hydrogen (secondary N) is 1. The first-order valence-electron chi connectivity index (χ1n) is 9.15. The molecule has 1 N–H and O–H groups in total. The molecule has 0 bridgehead atoms. The van der Waals surface area contributed by atoms with Crippen LogP contribution in [0.2, 0.25) is 0 Å². The normalized spacial score (nSPS) is 17.6. The number of aromatic nitrogens is 2. The zero-order valence-corrected chi connectivity index (χ0v) is 17.6. The highest BCUT2D eigenvalue weighted by Gasteiger charge is 2.26. The van der Waals surface area contributed by atoms with Crippen molar-refractivity contribution in [2.75, 3.05) is 26.7 Å². The molecule has 1 aliphatic heterocycles. The van der Waals surface area contributed by atoms with Crippen LogP contribution in [0.15, 0.2) is 64.0 Å². The Morgan fingerprint density at radius 2 is 1.86 bits per heavy atom. The van der Waals surface area contributed by atoms with E-state index in [0.29, 0.717) is 27.7 Å². The first-order chi connectivity index (χ1) is 13.5. The molecule has 0 amide bonds. The largest absolute Gasteiger partial charge is 0.334 e. The van der Waals surface area contributed by atoms with Crippen molar-refractivity contribution in [3.63, 3.8) is 0 Å². The van der Waals surface area contributed by atoms with Crippen LogP contribution in [-0.2, 0) is 15.6 Å². The van der Waals surface area contributed by atoms with Gasteiger partial charge in [0.2, 0.25) is 0 Å². The van der Waals surface area contributed by atoms with Gasteiger partial charge in [-0.2, -0.15) is 4.98 Å². The summed E-state index contributed by atoms with van der Waals surface area (Å²) in [6.45, 7) is 2.58. The van der Waals surface area contributed by atoms with Gasteiger partial charge in [-0.25, -0.2) is 8.42 Å². The van der Waals surface area contributed by atoms with Crippen LogP contribution >= 0.6 is 12.4 Å². The minimum atomic E-state index is -3.47. The summed E-state index contributed by atoms with van der Waals surface area (Å²) in [6, 6.07) is 15.7. The highest BCUT2D eigenvalue weighted by molar-refractivity contribution is 7.90. The Balaban J connectivity index is 0.00000240. The summed E-state index contributed by atoms with van der Waals surface area (Å²) >= 11 is 0. The average molecular weight is 435 g/mol. The van der Waals surface area contributed by atoms with E-state index in [2.05, 4.69) is 20.4 Å². The smallest absolute Gasteiger partial charge is 0.258 e. The van der Waals surface area contributed by atoms with Gasteiger partial charge in [0.1, 0.15) is 0 Å². The lowest BCUT2D eigenvalue weighted by Gasteiger charge is -2.30. The molecule has 0 aliphatic carbocycles. The molecule has 0 saturated carbocycles. The molecule has 1 unspecified atom stereocenters. The molecule has 1 aliphatic rings. The summed E-state index contributed by atoms with van der Waals surface area (Å²) in [5, 5.41) is 7.48. The third-order valence-corrected chi connectivity index (χ3v) is 6.63. The maximum Gasteiger partial charge on any atom is 0.258 e. The van der Waals surface area contributed by atoms with Crippen LogP contribution in [0.1, 0.15) is 17.4 Å². The Hall–Kier alpha value is -2.26. The van der Waals surface area contributed by atoms with Crippen molar-refractivity contribution in [1.29, 1.82) is 0 Å². The summed E-state index contributed by atoms with van der Waals surface area (Å²) in [7, 11) is -1.44. The van der Waals surface area contributed by atoms with Gasteiger partial charge in [0.15, 0.2) is 15.7 Å². The quantitative estimate of drug-likeness (QED) is 0.660. The number of hydrogen-bond donors (Lipinski definition) is 1. The van der Waals surface area contributed by atoms with Crippen LogP contribution in [0.3, 0.4) is 0 Å². The molecule has 0 radical (unpaired) electrons. The van der Waals surface area contributed by atoms with Crippen LogP contribution in [0, 0.1) is 0 Å². The second-order valence-electron chi connectivity index (χ2n) is 6.89. The molecular weight excluding hydrogens is 412 g/mol. The van der Waals surface area contributed by atoms with Crippen molar-refractivity contribution < 1.29 is 12.9 Å². The summed E-state index contributed by atoms with van der Waals surface area (Å²) in [4.78, 5) is 7.04. The topological polar surface area (TPSA) is 88.3 Å². The van der Waals surface area contributed by atoms with Crippen molar-refractivity contribution >= 4 is 22.2 Å². The predicted molar refractivity (Wildman–Crippen MR) is 113 cm³/mol. The minimum absolute atomic E-state index is 0. The fourth-order valence-corrected chi connectivity index (χ4v) is 4.74. The highest BCUT2D eigenvalue weighted by atomic mass is 35.5. The number of rotatable bonds is 5. The number of sulfone groups is 1. The molecule has 154 valence electrons. The Bertz CT molecular complexity index is 1060. The zero-order valence-electron chi connectivity index (χ0n) is 16.0. The molecule has 7 nitrogen and oxygen atoms in total. The average Bonchev–Trinajstić information content (AvgIpc) is 3.19. The van der Waals surface area contributed by atoms with Crippen molar-refractivity contribution in [2.24, 2.45) is 0 Å². The van der Waals surface area contributed by atoms with E-state index >= 15 is 0 Å². The molecule has 9 heteroatoms. The van der Waals surface area contributed by atoms with Crippen molar-refractivity contribution in [1.82, 2.24) is 20.4 Å². The highest BCUT2D eigenvalue weighted by Crippen LogP contribution is 2.28. The second-order valence-corrected chi connectivity index (χ2v) is 8.88. The Kier molecular flexibility index (Phi) is 6.69. The summed E-state index contributed by atoms with van der Waals surface area (Å²) in [6.07, 6.45) is 0. The molecule has 1 saturated heterocycles. The van der Waals surface area contributed by atoms with Gasteiger partial charge in [-0.3, -0.25) is 4.90 Å². The van der Waals surface area contributed by atoms with Gasteiger partial charge < -0.3 is 9.84 Å². The van der Waals surface area contributed by atoms with E-state index in [-0.39, 0.29) is 24.2 Å². The number of benzene rings is 2. The van der Waals surface area contributed by atoms with Crippen LogP contribution in [0.4, 0.5) is 0 Å². The summed E-state index contributed by atoms with van der Waals surface area (Å²) in [5.41, 5.74) is 1.28. The lowest BCUT2D eigenvalue weighted by atomic mass is 10.1. The van der Waals surface area contributed by atoms with Crippen molar-refractivity contribution in [2.45, 2.75) is 16.7 Å². The van der Waals surface area contributed by atoms with E-state index in [9.17, 15) is 8.42 Å². The van der Waals surface area contributed by atoms with Gasteiger partial charge in [-0.1, -0.05) is 41.6 Å². The number of halogens is 1. The third kappa shape index (κ3) is 4.67. The van der Waals surface area contributed by atoms with Gasteiger partial charge in [-0.15, -0.1) is 12.4 Å². The first-order valence-corrected chi connectivity index (χ1v) is 10.8. The molecular formula is C20H23ClN4O3S. The predicted octanol–water partition coefficient (Wildman–Crippen LogP) is 2.71. The number of piperazine rings is 1. The molecule has 2 heterocycles. The number of nitrogens with zero attached hydrogens (tertiary/aromatic N) is 3. The van der Waals surface area contributed by atoms with Crippen LogP contribution in [-0.4, -0.2) is 50.1 Å². The molecule has 3 aromatic rings. The van der Waals surface area contributed by atoms with Crippen LogP contribution in [0.25, 0.3) is 11.5 Å². The summed E-state index contributed by atoms with van der Waals surface area (Å²) in [5.74, 6) is 0.814. The van der Waals surface area contributed by atoms with Gasteiger partial charge in [0, 0.05) is 25.2 Å². The molecule has 4 rings (SSSR count). The maximum absolute atomic E-state index is 12.8. The van der Waals surface area contributed by atoms with Crippen molar-refractivity contribution in [3.8, 4) is 11.5 Å². The summed E-state index contributed by atoms with van der Waals surface area (Å²) < 4.78 is 31.1. The zero-order chi connectivity index (χ0) is 19.6. The Morgan fingerprint density at radius 3 is 2.62 bits per heavy atom. The standard InChI is InChI=1S/C20H22N4O3S.ClH/c1-24-12-11-21-13-18(24)19-22-20(27-23-19)17-10-6-5-7-15(17)14-28(25,26)16-8-3-2-4-9-16;/h2-10,18,21H,11-14H2,1H3;1H. The van der Waals surface area contributed by atoms with Crippen LogP contribution < -0.4 is 5.32 Å². The fourth-order valence-electron chi connectivity index (χ4n) is 3.34. The van der Waals surface area contributed by atoms with E-state index in [1.54, 1.807) is 36.4 Å².